The van der Waals surface area contributed by atoms with Crippen LogP contribution in [0, 0.1) is 0 Å². The molecule has 0 radical (unpaired) electrons. The maximum atomic E-state index is 11.2. The summed E-state index contributed by atoms with van der Waals surface area (Å²) >= 11 is 0. The molecule has 0 aromatic rings. The van der Waals surface area contributed by atoms with Gasteiger partial charge in [0, 0.05) is 6.08 Å². The van der Waals surface area contributed by atoms with E-state index in [0.717, 1.165) is 12.2 Å². The summed E-state index contributed by atoms with van der Waals surface area (Å²) in [5, 5.41) is 10.7. The van der Waals surface area contributed by atoms with E-state index in [0.29, 0.717) is 0 Å². The van der Waals surface area contributed by atoms with Crippen LogP contribution in [-0.2, 0) is 19.7 Å². The first kappa shape index (κ1) is 16.3. The molecule has 0 rings (SSSR count). The number of carboxylic acid groups (broad SMARTS) is 1. The van der Waals surface area contributed by atoms with E-state index in [-0.39, 0.29) is 6.42 Å². The van der Waals surface area contributed by atoms with Crippen LogP contribution in [0.4, 0.5) is 0 Å². The Hall–Kier alpha value is -1.67. The molecule has 0 aromatic carbocycles. The SMILES string of the molecule is C=CC(=O)NC(C)(CC=CC(=O)O)CS(=O)(=O)O. The number of carboxylic acids is 1. The molecule has 3 N–H and O–H groups in total. The standard InChI is InChI=1S/C10H15NO6S/c1-3-8(12)11-10(2,7-18(15,16)17)6-4-5-9(13)14/h3-5H,1,6-7H2,2H3,(H,11,12)(H,13,14)(H,15,16,17). The summed E-state index contributed by atoms with van der Waals surface area (Å²) in [7, 11) is -4.32. The Balaban J connectivity index is 4.96. The van der Waals surface area contributed by atoms with Gasteiger partial charge in [0.15, 0.2) is 0 Å². The van der Waals surface area contributed by atoms with Crippen LogP contribution in [0.25, 0.3) is 0 Å². The third-order valence-corrected chi connectivity index (χ3v) is 2.94. The lowest BCUT2D eigenvalue weighted by atomic mass is 10.00. The fourth-order valence-electron chi connectivity index (χ4n) is 1.32. The number of carbonyl (C=O) groups is 2. The smallest absolute Gasteiger partial charge is 0.327 e. The molecule has 7 nitrogen and oxygen atoms in total. The normalized spacial score (nSPS) is 15.0. The lowest BCUT2D eigenvalue weighted by Gasteiger charge is -2.27. The molecule has 0 saturated carbocycles. The van der Waals surface area contributed by atoms with Crippen molar-refractivity contribution in [3.8, 4) is 0 Å². The number of carbonyl (C=O) groups excluding carboxylic acids is 1. The van der Waals surface area contributed by atoms with Gasteiger partial charge in [0.2, 0.25) is 5.91 Å². The number of hydrogen-bond acceptors (Lipinski definition) is 4. The van der Waals surface area contributed by atoms with Gasteiger partial charge in [0.25, 0.3) is 10.1 Å². The van der Waals surface area contributed by atoms with Crippen LogP contribution >= 0.6 is 0 Å². The highest BCUT2D eigenvalue weighted by atomic mass is 32.2. The van der Waals surface area contributed by atoms with Crippen LogP contribution in [0.1, 0.15) is 13.3 Å². The van der Waals surface area contributed by atoms with Crippen LogP contribution in [-0.4, -0.2) is 41.2 Å². The van der Waals surface area contributed by atoms with E-state index >= 15 is 0 Å². The van der Waals surface area contributed by atoms with Crippen LogP contribution in [0.3, 0.4) is 0 Å². The summed E-state index contributed by atoms with van der Waals surface area (Å²) < 4.78 is 30.5. The predicted molar refractivity (Wildman–Crippen MR) is 64.6 cm³/mol. The number of nitrogens with one attached hydrogen (secondary N) is 1. The Morgan fingerprint density at radius 3 is 2.39 bits per heavy atom. The lowest BCUT2D eigenvalue weighted by Crippen LogP contribution is -2.50. The van der Waals surface area contributed by atoms with E-state index in [1.54, 1.807) is 0 Å². The van der Waals surface area contributed by atoms with E-state index in [9.17, 15) is 18.0 Å². The minimum atomic E-state index is -4.32. The molecule has 0 aliphatic rings. The molecule has 0 spiro atoms. The molecule has 0 aromatic heterocycles. The van der Waals surface area contributed by atoms with Crippen LogP contribution in [0.2, 0.25) is 0 Å². The van der Waals surface area contributed by atoms with Crippen molar-refractivity contribution in [3.63, 3.8) is 0 Å². The molecule has 102 valence electrons. The van der Waals surface area contributed by atoms with E-state index in [1.807, 2.05) is 0 Å². The van der Waals surface area contributed by atoms with Crippen molar-refractivity contribution >= 4 is 22.0 Å². The van der Waals surface area contributed by atoms with Crippen molar-refractivity contribution < 1.29 is 27.7 Å². The average Bonchev–Trinajstić information content (AvgIpc) is 2.13. The molecular formula is C10H15NO6S. The zero-order chi connectivity index (χ0) is 14.4. The van der Waals surface area contributed by atoms with Crippen LogP contribution < -0.4 is 5.32 Å². The van der Waals surface area contributed by atoms with Gasteiger partial charge < -0.3 is 10.4 Å². The minimum absolute atomic E-state index is 0.0708. The van der Waals surface area contributed by atoms with Crippen molar-refractivity contribution in [3.05, 3.63) is 24.8 Å². The monoisotopic (exact) mass is 277 g/mol. The van der Waals surface area contributed by atoms with Crippen molar-refractivity contribution in [2.75, 3.05) is 5.75 Å². The van der Waals surface area contributed by atoms with Gasteiger partial charge in [0.05, 0.1) is 11.3 Å². The first-order valence-electron chi connectivity index (χ1n) is 4.87. The molecule has 1 atom stereocenters. The molecule has 0 aliphatic heterocycles. The van der Waals surface area contributed by atoms with E-state index in [4.69, 9.17) is 9.66 Å². The minimum Gasteiger partial charge on any atom is -0.478 e. The van der Waals surface area contributed by atoms with E-state index in [1.165, 1.54) is 13.0 Å². The molecule has 8 heteroatoms. The Morgan fingerprint density at radius 2 is 2.00 bits per heavy atom. The predicted octanol–water partition coefficient (Wildman–Crippen LogP) is -0.0340. The Bertz CT molecular complexity index is 467. The lowest BCUT2D eigenvalue weighted by molar-refractivity contribution is -0.131. The Morgan fingerprint density at radius 1 is 1.44 bits per heavy atom. The number of aliphatic carboxylic acids is 1. The summed E-state index contributed by atoms with van der Waals surface area (Å²) in [6.45, 7) is 4.58. The largest absolute Gasteiger partial charge is 0.478 e. The van der Waals surface area contributed by atoms with Gasteiger partial charge in [-0.15, -0.1) is 0 Å². The van der Waals surface area contributed by atoms with Gasteiger partial charge in [-0.2, -0.15) is 8.42 Å². The first-order chi connectivity index (χ1) is 8.08. The Labute approximate surface area is 105 Å². The zero-order valence-corrected chi connectivity index (χ0v) is 10.6. The second-order valence-corrected chi connectivity index (χ2v) is 5.38. The third kappa shape index (κ3) is 7.58. The van der Waals surface area contributed by atoms with Gasteiger partial charge in [-0.3, -0.25) is 9.35 Å². The third-order valence-electron chi connectivity index (χ3n) is 1.94. The number of rotatable bonds is 7. The van der Waals surface area contributed by atoms with Gasteiger partial charge >= 0.3 is 5.97 Å². The number of hydrogen-bond donors (Lipinski definition) is 3. The molecule has 0 bridgehead atoms. The maximum Gasteiger partial charge on any atom is 0.327 e. The summed E-state index contributed by atoms with van der Waals surface area (Å²) in [5.74, 6) is -2.55. The molecule has 0 saturated heterocycles. The van der Waals surface area contributed by atoms with Crippen LogP contribution in [0.15, 0.2) is 24.8 Å². The fraction of sp³-hybridized carbons (Fsp3) is 0.400. The molecule has 1 unspecified atom stereocenters. The van der Waals surface area contributed by atoms with Gasteiger partial charge in [-0.05, 0) is 19.4 Å². The summed E-state index contributed by atoms with van der Waals surface area (Å²) in [5.41, 5.74) is -1.31. The fourth-order valence-corrected chi connectivity index (χ4v) is 2.31. The molecule has 0 heterocycles. The van der Waals surface area contributed by atoms with Crippen LogP contribution in [0.5, 0.6) is 0 Å². The van der Waals surface area contributed by atoms with Gasteiger partial charge in [0.1, 0.15) is 0 Å². The van der Waals surface area contributed by atoms with Crippen molar-refractivity contribution in [1.29, 1.82) is 0 Å². The molecule has 0 fully saturated rings. The second kappa shape index (κ2) is 6.31. The zero-order valence-electron chi connectivity index (χ0n) is 9.79. The summed E-state index contributed by atoms with van der Waals surface area (Å²) in [4.78, 5) is 21.5. The van der Waals surface area contributed by atoms with Crippen molar-refractivity contribution in [2.24, 2.45) is 0 Å². The molecular weight excluding hydrogens is 262 g/mol. The van der Waals surface area contributed by atoms with Crippen molar-refractivity contribution in [2.45, 2.75) is 18.9 Å². The molecule has 1 amide bonds. The summed E-state index contributed by atoms with van der Waals surface area (Å²) in [6, 6.07) is 0. The highest BCUT2D eigenvalue weighted by molar-refractivity contribution is 7.85. The highest BCUT2D eigenvalue weighted by Gasteiger charge is 2.30. The molecule has 18 heavy (non-hydrogen) atoms. The quantitative estimate of drug-likeness (QED) is 0.443. The highest BCUT2D eigenvalue weighted by Crippen LogP contribution is 2.13. The van der Waals surface area contributed by atoms with E-state index in [2.05, 4.69) is 11.9 Å². The van der Waals surface area contributed by atoms with E-state index < -0.39 is 33.3 Å². The molecule has 0 aliphatic carbocycles. The van der Waals surface area contributed by atoms with Gasteiger partial charge in [-0.25, -0.2) is 4.79 Å². The maximum absolute atomic E-state index is 11.2. The number of amides is 1. The van der Waals surface area contributed by atoms with Gasteiger partial charge in [-0.1, -0.05) is 12.7 Å². The topological polar surface area (TPSA) is 121 Å². The second-order valence-electron chi connectivity index (χ2n) is 3.93. The first-order valence-corrected chi connectivity index (χ1v) is 6.48. The average molecular weight is 277 g/mol. The summed E-state index contributed by atoms with van der Waals surface area (Å²) in [6.07, 6.45) is 2.89. The van der Waals surface area contributed by atoms with Crippen molar-refractivity contribution in [1.82, 2.24) is 5.32 Å². The Kier molecular flexibility index (Phi) is 5.73.